The molecular weight excluding hydrogens is 312 g/mol. The number of fused-ring (bicyclic) bond motifs is 1. The molecule has 3 fully saturated rings. The molecular formula is C26H36. The Balaban J connectivity index is 2.50. The van der Waals surface area contributed by atoms with Crippen molar-refractivity contribution in [3.05, 3.63) is 45.2 Å². The molecule has 0 amide bonds. The summed E-state index contributed by atoms with van der Waals surface area (Å²) in [5, 5.41) is 0. The quantitative estimate of drug-likeness (QED) is 0.400. The van der Waals surface area contributed by atoms with Crippen LogP contribution < -0.4 is 0 Å². The molecule has 3 aliphatic rings. The molecule has 0 nitrogen and oxygen atoms in total. The minimum Gasteiger partial charge on any atom is -0.0714 e. The van der Waals surface area contributed by atoms with E-state index < -0.39 is 0 Å². The smallest absolute Gasteiger partial charge is 0.0269 e. The fourth-order valence-electron chi connectivity index (χ4n) is 7.12. The van der Waals surface area contributed by atoms with E-state index in [4.69, 9.17) is 0 Å². The van der Waals surface area contributed by atoms with Crippen LogP contribution in [0.15, 0.2) is 45.2 Å². The summed E-state index contributed by atoms with van der Waals surface area (Å²) in [6, 6.07) is 0. The van der Waals surface area contributed by atoms with E-state index in [0.717, 1.165) is 0 Å². The second-order valence-electron chi connectivity index (χ2n) is 11.2. The molecule has 0 aromatic carbocycles. The highest BCUT2D eigenvalue weighted by Gasteiger charge is 3.03. The van der Waals surface area contributed by atoms with Crippen molar-refractivity contribution in [3.63, 3.8) is 0 Å². The van der Waals surface area contributed by atoms with Crippen LogP contribution in [0.1, 0.15) is 83.1 Å². The normalized spacial score (nSPS) is 28.3. The van der Waals surface area contributed by atoms with Crippen molar-refractivity contribution in [2.75, 3.05) is 0 Å². The Kier molecular flexibility index (Phi) is 3.51. The Morgan fingerprint density at radius 1 is 0.500 bits per heavy atom. The van der Waals surface area contributed by atoms with Gasteiger partial charge in [0.15, 0.2) is 0 Å². The van der Waals surface area contributed by atoms with Crippen LogP contribution in [0.3, 0.4) is 0 Å². The minimum atomic E-state index is 0.133. The molecule has 3 rings (SSSR count). The molecule has 0 N–H and O–H groups in total. The van der Waals surface area contributed by atoms with Crippen molar-refractivity contribution in [2.24, 2.45) is 32.5 Å². The monoisotopic (exact) mass is 348 g/mol. The molecule has 0 aliphatic heterocycles. The summed E-state index contributed by atoms with van der Waals surface area (Å²) < 4.78 is 0. The Hall–Kier alpha value is -1.40. The van der Waals surface area contributed by atoms with E-state index in [2.05, 4.69) is 106 Å². The fourth-order valence-corrected chi connectivity index (χ4v) is 7.12. The molecule has 0 saturated heterocycles. The molecule has 0 atom stereocenters. The van der Waals surface area contributed by atoms with Gasteiger partial charge in [-0.1, -0.05) is 78.3 Å². The van der Waals surface area contributed by atoms with Crippen LogP contribution in [-0.4, -0.2) is 0 Å². The van der Waals surface area contributed by atoms with Crippen LogP contribution in [0, 0.1) is 32.5 Å². The van der Waals surface area contributed by atoms with Gasteiger partial charge in [-0.25, -0.2) is 0 Å². The number of rotatable bonds is 0. The highest BCUT2D eigenvalue weighted by molar-refractivity contribution is 5.72. The summed E-state index contributed by atoms with van der Waals surface area (Å²) in [6.07, 6.45) is 0. The Morgan fingerprint density at radius 3 is 0.885 bits per heavy atom. The van der Waals surface area contributed by atoms with Gasteiger partial charge in [-0.3, -0.25) is 0 Å². The van der Waals surface area contributed by atoms with Gasteiger partial charge < -0.3 is 0 Å². The summed E-state index contributed by atoms with van der Waals surface area (Å²) in [5.74, 6) is 0. The van der Waals surface area contributed by atoms with Crippen LogP contribution >= 0.6 is 0 Å². The third kappa shape index (κ3) is 1.51. The lowest BCUT2D eigenvalue weighted by Gasteiger charge is -2.50. The van der Waals surface area contributed by atoms with Crippen LogP contribution in [0.4, 0.5) is 0 Å². The summed E-state index contributed by atoms with van der Waals surface area (Å²) in [6.45, 7) is 28.0. The Bertz CT molecular complexity index is 799. The van der Waals surface area contributed by atoms with Crippen LogP contribution in [0.25, 0.3) is 0 Å². The predicted octanol–water partition coefficient (Wildman–Crippen LogP) is 7.40. The van der Waals surface area contributed by atoms with Crippen molar-refractivity contribution in [1.82, 2.24) is 0 Å². The van der Waals surface area contributed by atoms with Gasteiger partial charge in [0.2, 0.25) is 0 Å². The van der Waals surface area contributed by atoms with Crippen LogP contribution in [0.5, 0.6) is 0 Å². The lowest BCUT2D eigenvalue weighted by molar-refractivity contribution is 0.156. The lowest BCUT2D eigenvalue weighted by atomic mass is 9.50. The molecule has 3 saturated carbocycles. The summed E-state index contributed by atoms with van der Waals surface area (Å²) in [4.78, 5) is 0. The largest absolute Gasteiger partial charge is 0.0714 e. The van der Waals surface area contributed by atoms with E-state index in [1.165, 1.54) is 22.3 Å². The molecule has 0 aromatic rings. The maximum absolute atomic E-state index is 3.61. The third-order valence-electron chi connectivity index (χ3n) is 9.19. The number of hydrogen-bond donors (Lipinski definition) is 0. The average Bonchev–Trinajstić information content (AvgIpc) is 3.00. The first-order valence-corrected chi connectivity index (χ1v) is 10.0. The second kappa shape index (κ2) is 4.71. The third-order valence-corrected chi connectivity index (χ3v) is 9.19. The molecule has 0 aromatic heterocycles. The molecule has 2 spiro atoms. The van der Waals surface area contributed by atoms with Gasteiger partial charge in [-0.15, -0.1) is 0 Å². The Morgan fingerprint density at radius 2 is 0.731 bits per heavy atom. The molecule has 0 heteroatoms. The van der Waals surface area contributed by atoms with E-state index in [1.54, 1.807) is 0 Å². The lowest BCUT2D eigenvalue weighted by Crippen LogP contribution is -2.46. The molecule has 26 heavy (non-hydrogen) atoms. The Labute approximate surface area is 161 Å². The first-order chi connectivity index (χ1) is 11.6. The average molecular weight is 349 g/mol. The van der Waals surface area contributed by atoms with E-state index in [-0.39, 0.29) is 32.5 Å². The standard InChI is InChI=1S/C26H36/c1-17(2)13-15-19-20(16-14-18(3)4)26(23(9,10)24(26,11)12)25(19)21(5,6)22(25,7)8/h1-12H3. The SMILES string of the molecule is CC(C)=C=C=C1C(=C=C=C(C)C)C2(C(C)(C)C2(C)C)C12C(C)(C)C2(C)C. The molecule has 0 bridgehead atoms. The fraction of sp³-hybridized carbons (Fsp3) is 0.692. The van der Waals surface area contributed by atoms with E-state index in [0.29, 0.717) is 0 Å². The summed E-state index contributed by atoms with van der Waals surface area (Å²) in [5.41, 5.74) is 20.2. The predicted molar refractivity (Wildman–Crippen MR) is 111 cm³/mol. The van der Waals surface area contributed by atoms with Gasteiger partial charge in [0, 0.05) is 22.0 Å². The van der Waals surface area contributed by atoms with Crippen LogP contribution in [-0.2, 0) is 0 Å². The van der Waals surface area contributed by atoms with Gasteiger partial charge in [0.25, 0.3) is 0 Å². The molecule has 0 unspecified atom stereocenters. The van der Waals surface area contributed by atoms with Crippen molar-refractivity contribution in [3.8, 4) is 0 Å². The zero-order valence-corrected chi connectivity index (χ0v) is 19.0. The first-order valence-electron chi connectivity index (χ1n) is 10.0. The minimum absolute atomic E-state index is 0.133. The zero-order chi connectivity index (χ0) is 20.1. The zero-order valence-electron chi connectivity index (χ0n) is 19.0. The van der Waals surface area contributed by atoms with Crippen molar-refractivity contribution < 1.29 is 0 Å². The number of hydrogen-bond acceptors (Lipinski definition) is 0. The van der Waals surface area contributed by atoms with E-state index >= 15 is 0 Å². The molecule has 0 heterocycles. The summed E-state index contributed by atoms with van der Waals surface area (Å²) in [7, 11) is 0. The topological polar surface area (TPSA) is 0 Å². The highest BCUT2D eigenvalue weighted by atomic mass is 15.0. The van der Waals surface area contributed by atoms with Gasteiger partial charge in [0.05, 0.1) is 0 Å². The van der Waals surface area contributed by atoms with Gasteiger partial charge in [-0.2, -0.15) is 0 Å². The van der Waals surface area contributed by atoms with Crippen LogP contribution in [0.2, 0.25) is 0 Å². The maximum atomic E-state index is 3.61. The van der Waals surface area contributed by atoms with Crippen molar-refractivity contribution >= 4 is 0 Å². The number of allylic oxidation sites excluding steroid dienone is 4. The van der Waals surface area contributed by atoms with Gasteiger partial charge in [-0.05, 0) is 60.5 Å². The highest BCUT2D eigenvalue weighted by Crippen LogP contribution is 3.06. The molecule has 140 valence electrons. The maximum Gasteiger partial charge on any atom is 0.0269 e. The van der Waals surface area contributed by atoms with Crippen molar-refractivity contribution in [2.45, 2.75) is 83.1 Å². The van der Waals surface area contributed by atoms with Gasteiger partial charge >= 0.3 is 0 Å². The van der Waals surface area contributed by atoms with E-state index in [1.807, 2.05) is 0 Å². The van der Waals surface area contributed by atoms with Crippen molar-refractivity contribution in [1.29, 1.82) is 0 Å². The summed E-state index contributed by atoms with van der Waals surface area (Å²) >= 11 is 0. The molecule has 3 aliphatic carbocycles. The molecule has 0 radical (unpaired) electrons. The second-order valence-corrected chi connectivity index (χ2v) is 11.2. The van der Waals surface area contributed by atoms with E-state index in [9.17, 15) is 0 Å². The first kappa shape index (κ1) is 19.4. The van der Waals surface area contributed by atoms with Gasteiger partial charge in [0.1, 0.15) is 0 Å².